The summed E-state index contributed by atoms with van der Waals surface area (Å²) < 4.78 is 94.8. The highest BCUT2D eigenvalue weighted by Gasteiger charge is 2.36. The smallest absolute Gasteiger partial charge is 0.315 e. The molecule has 1 N–H and O–H groups in total. The summed E-state index contributed by atoms with van der Waals surface area (Å²) in [6.45, 7) is 4.88. The molecule has 0 bridgehead atoms. The zero-order valence-electron chi connectivity index (χ0n) is 15.6. The summed E-state index contributed by atoms with van der Waals surface area (Å²) in [6, 6.07) is 1.56. The Morgan fingerprint density at radius 1 is 0.967 bits per heavy atom. The van der Waals surface area contributed by atoms with Crippen molar-refractivity contribution in [2.24, 2.45) is 0 Å². The van der Waals surface area contributed by atoms with Crippen molar-refractivity contribution in [3.8, 4) is 0 Å². The minimum atomic E-state index is -4.86. The molecule has 3 rings (SSSR count). The molecule has 12 heteroatoms. The molecule has 3 aromatic rings. The van der Waals surface area contributed by atoms with Gasteiger partial charge in [0.05, 0.1) is 5.69 Å². The lowest BCUT2D eigenvalue weighted by Crippen LogP contribution is -2.20. The number of nitrogens with one attached hydrogen (secondary N) is 1. The number of rotatable bonds is 2. The van der Waals surface area contributed by atoms with E-state index in [0.29, 0.717) is 4.52 Å². The number of fused-ring (bicyclic) bond motifs is 1. The molecule has 0 aliphatic carbocycles. The van der Waals surface area contributed by atoms with Crippen LogP contribution < -0.4 is 5.32 Å². The summed E-state index contributed by atoms with van der Waals surface area (Å²) in [5.74, 6) is -8.69. The van der Waals surface area contributed by atoms with Crippen LogP contribution in [0.25, 0.3) is 5.65 Å². The van der Waals surface area contributed by atoms with Crippen LogP contribution in [0.4, 0.5) is 36.4 Å². The van der Waals surface area contributed by atoms with Crippen molar-refractivity contribution >= 4 is 17.2 Å². The third-order valence-electron chi connectivity index (χ3n) is 4.07. The molecule has 0 radical (unpaired) electrons. The van der Waals surface area contributed by atoms with E-state index in [4.69, 9.17) is 0 Å². The fourth-order valence-electron chi connectivity index (χ4n) is 2.53. The zero-order chi connectivity index (χ0) is 22.6. The van der Waals surface area contributed by atoms with Crippen LogP contribution in [-0.2, 0) is 11.6 Å². The second-order valence-electron chi connectivity index (χ2n) is 7.37. The number of carbonyl (C=O) groups is 1. The van der Waals surface area contributed by atoms with Crippen molar-refractivity contribution < 1.29 is 35.5 Å². The molecule has 0 aliphatic rings. The van der Waals surface area contributed by atoms with Crippen LogP contribution in [0.1, 0.15) is 42.6 Å². The van der Waals surface area contributed by atoms with Crippen LogP contribution in [0.3, 0.4) is 0 Å². The Hall–Kier alpha value is -3.18. The number of nitrogens with zero attached hydrogens (tertiary/aromatic N) is 3. The lowest BCUT2D eigenvalue weighted by atomic mass is 9.91. The third-order valence-corrected chi connectivity index (χ3v) is 4.07. The van der Waals surface area contributed by atoms with E-state index in [1.54, 1.807) is 26.1 Å². The van der Waals surface area contributed by atoms with Gasteiger partial charge in [-0.25, -0.2) is 27.1 Å². The van der Waals surface area contributed by atoms with Gasteiger partial charge < -0.3 is 5.32 Å². The largest absolute Gasteiger partial charge is 0.433 e. The van der Waals surface area contributed by atoms with Crippen molar-refractivity contribution in [3.63, 3.8) is 0 Å². The standard InChI is InChI=1S/C18H13F7N4O/c1-17(2,3)10-6-11(18(23,24)25)29-12(26-10)5-9(28-29)16(30)27-15-13(21)7(19)4-8(20)14(15)22/h4-6H,1-3H3,(H,27,30). The number of amides is 1. The van der Waals surface area contributed by atoms with Gasteiger partial charge in [0, 0.05) is 17.5 Å². The lowest BCUT2D eigenvalue weighted by molar-refractivity contribution is -0.142. The van der Waals surface area contributed by atoms with E-state index in [1.807, 2.05) is 0 Å². The molecule has 0 atom stereocenters. The maximum absolute atomic E-state index is 13.7. The molecule has 1 aromatic carbocycles. The first kappa shape index (κ1) is 21.5. The SMILES string of the molecule is CC(C)(C)c1cc(C(F)(F)F)n2nc(C(=O)Nc3c(F)c(F)cc(F)c3F)cc2n1. The minimum Gasteiger partial charge on any atom is -0.315 e. The summed E-state index contributed by atoms with van der Waals surface area (Å²) in [5.41, 5.74) is -4.45. The first-order chi connectivity index (χ1) is 13.7. The monoisotopic (exact) mass is 434 g/mol. The fraction of sp³-hybridized carbons (Fsp3) is 0.278. The number of hydrogen-bond donors (Lipinski definition) is 1. The van der Waals surface area contributed by atoms with Crippen molar-refractivity contribution in [1.29, 1.82) is 0 Å². The van der Waals surface area contributed by atoms with Crippen LogP contribution in [0.2, 0.25) is 0 Å². The summed E-state index contributed by atoms with van der Waals surface area (Å²) >= 11 is 0. The van der Waals surface area contributed by atoms with Gasteiger partial charge in [0.2, 0.25) is 0 Å². The van der Waals surface area contributed by atoms with E-state index in [0.717, 1.165) is 12.1 Å². The predicted molar refractivity (Wildman–Crippen MR) is 90.9 cm³/mol. The van der Waals surface area contributed by atoms with Crippen LogP contribution in [-0.4, -0.2) is 20.5 Å². The minimum absolute atomic E-state index is 0.0541. The van der Waals surface area contributed by atoms with Crippen LogP contribution >= 0.6 is 0 Å². The van der Waals surface area contributed by atoms with Crippen molar-refractivity contribution in [2.45, 2.75) is 32.4 Å². The summed E-state index contributed by atoms with van der Waals surface area (Å²) in [4.78, 5) is 16.3. The zero-order valence-corrected chi connectivity index (χ0v) is 15.6. The number of alkyl halides is 3. The van der Waals surface area contributed by atoms with E-state index in [9.17, 15) is 35.5 Å². The number of anilines is 1. The number of halogens is 7. The van der Waals surface area contributed by atoms with E-state index in [-0.39, 0.29) is 17.4 Å². The molecule has 0 spiro atoms. The summed E-state index contributed by atoms with van der Waals surface area (Å²) in [6.07, 6.45) is -4.86. The Morgan fingerprint density at radius 2 is 1.53 bits per heavy atom. The van der Waals surface area contributed by atoms with E-state index < -0.39 is 57.8 Å². The Kier molecular flexibility index (Phi) is 4.99. The number of benzene rings is 1. The highest BCUT2D eigenvalue weighted by atomic mass is 19.4. The van der Waals surface area contributed by atoms with Gasteiger partial charge in [0.15, 0.2) is 34.6 Å². The molecular weight excluding hydrogens is 421 g/mol. The quantitative estimate of drug-likeness (QED) is 0.463. The number of aromatic nitrogens is 3. The number of hydrogen-bond acceptors (Lipinski definition) is 3. The highest BCUT2D eigenvalue weighted by Crippen LogP contribution is 2.33. The van der Waals surface area contributed by atoms with Gasteiger partial charge in [-0.1, -0.05) is 20.8 Å². The van der Waals surface area contributed by atoms with Crippen LogP contribution in [0.15, 0.2) is 18.2 Å². The second kappa shape index (κ2) is 6.96. The van der Waals surface area contributed by atoms with Crippen molar-refractivity contribution in [1.82, 2.24) is 14.6 Å². The topological polar surface area (TPSA) is 59.3 Å². The van der Waals surface area contributed by atoms with Crippen molar-refractivity contribution in [3.05, 3.63) is 58.5 Å². The average Bonchev–Trinajstić information content (AvgIpc) is 3.05. The van der Waals surface area contributed by atoms with Gasteiger partial charge in [-0.15, -0.1) is 0 Å². The van der Waals surface area contributed by atoms with E-state index in [1.165, 1.54) is 0 Å². The molecule has 30 heavy (non-hydrogen) atoms. The van der Waals surface area contributed by atoms with Crippen LogP contribution in [0, 0.1) is 23.3 Å². The molecule has 0 unspecified atom stereocenters. The molecule has 0 saturated carbocycles. The van der Waals surface area contributed by atoms with Gasteiger partial charge in [0.1, 0.15) is 11.4 Å². The van der Waals surface area contributed by atoms with Crippen LogP contribution in [0.5, 0.6) is 0 Å². The predicted octanol–water partition coefficient (Wildman–Crippen LogP) is 4.85. The molecule has 2 aromatic heterocycles. The lowest BCUT2D eigenvalue weighted by Gasteiger charge is -2.19. The van der Waals surface area contributed by atoms with E-state index in [2.05, 4.69) is 10.1 Å². The molecule has 0 saturated heterocycles. The maximum Gasteiger partial charge on any atom is 0.433 e. The Bertz CT molecular complexity index is 1140. The third kappa shape index (κ3) is 3.81. The second-order valence-corrected chi connectivity index (χ2v) is 7.37. The maximum atomic E-state index is 13.7. The molecule has 2 heterocycles. The molecule has 0 aliphatic heterocycles. The van der Waals surface area contributed by atoms with Gasteiger partial charge >= 0.3 is 6.18 Å². The van der Waals surface area contributed by atoms with Crippen molar-refractivity contribution in [2.75, 3.05) is 5.32 Å². The van der Waals surface area contributed by atoms with Gasteiger partial charge in [-0.3, -0.25) is 4.79 Å². The molecule has 0 fully saturated rings. The first-order valence-corrected chi connectivity index (χ1v) is 8.33. The highest BCUT2D eigenvalue weighted by molar-refractivity contribution is 6.03. The number of carbonyl (C=O) groups excluding carboxylic acids is 1. The Balaban J connectivity index is 2.11. The Labute approximate surface area is 164 Å². The van der Waals surface area contributed by atoms with Gasteiger partial charge in [0.25, 0.3) is 5.91 Å². The fourth-order valence-corrected chi connectivity index (χ4v) is 2.53. The average molecular weight is 434 g/mol. The normalized spacial score (nSPS) is 12.5. The van der Waals surface area contributed by atoms with Gasteiger partial charge in [-0.05, 0) is 6.07 Å². The molecular formula is C18H13F7N4O. The Morgan fingerprint density at radius 3 is 2.03 bits per heavy atom. The molecule has 1 amide bonds. The molecule has 160 valence electrons. The van der Waals surface area contributed by atoms with E-state index >= 15 is 0 Å². The summed E-state index contributed by atoms with van der Waals surface area (Å²) in [5, 5.41) is 5.08. The molecule has 5 nitrogen and oxygen atoms in total. The van der Waals surface area contributed by atoms with Gasteiger partial charge in [-0.2, -0.15) is 18.3 Å². The summed E-state index contributed by atoms with van der Waals surface area (Å²) in [7, 11) is 0. The first-order valence-electron chi connectivity index (χ1n) is 8.33.